The van der Waals surface area contributed by atoms with Crippen LogP contribution in [-0.2, 0) is 13.1 Å². The first kappa shape index (κ1) is 16.9. The summed E-state index contributed by atoms with van der Waals surface area (Å²) in [6, 6.07) is 8.19. The molecule has 0 atom stereocenters. The summed E-state index contributed by atoms with van der Waals surface area (Å²) in [6.45, 7) is 6.26. The van der Waals surface area contributed by atoms with Crippen LogP contribution >= 0.6 is 0 Å². The van der Waals surface area contributed by atoms with Crippen LogP contribution in [0.15, 0.2) is 24.3 Å². The number of aryl methyl sites for hydroxylation is 1. The van der Waals surface area contributed by atoms with Crippen LogP contribution in [0.25, 0.3) is 11.0 Å². The van der Waals surface area contributed by atoms with E-state index >= 15 is 0 Å². The molecule has 0 aliphatic carbocycles. The third-order valence-corrected chi connectivity index (χ3v) is 4.01. The molecule has 0 spiro atoms. The van der Waals surface area contributed by atoms with Crippen LogP contribution in [0.1, 0.15) is 26.1 Å². The zero-order valence-corrected chi connectivity index (χ0v) is 13.8. The van der Waals surface area contributed by atoms with Crippen molar-refractivity contribution in [3.05, 3.63) is 30.1 Å². The lowest BCUT2D eigenvalue weighted by Gasteiger charge is -2.30. The van der Waals surface area contributed by atoms with E-state index in [1.807, 2.05) is 32.2 Å². The van der Waals surface area contributed by atoms with Crippen molar-refractivity contribution in [3.63, 3.8) is 0 Å². The zero-order valence-electron chi connectivity index (χ0n) is 13.8. The molecule has 5 nitrogen and oxygen atoms in total. The van der Waals surface area contributed by atoms with Crippen LogP contribution in [-0.4, -0.2) is 51.5 Å². The van der Waals surface area contributed by atoms with Gasteiger partial charge in [-0.15, -0.1) is 0 Å². The Hall–Kier alpha value is -1.43. The molecule has 1 aromatic carbocycles. The van der Waals surface area contributed by atoms with Gasteiger partial charge in [0.2, 0.25) is 0 Å². The number of nitrogens with zero attached hydrogens (tertiary/aromatic N) is 3. The second-order valence-electron chi connectivity index (χ2n) is 6.47. The van der Waals surface area contributed by atoms with E-state index in [2.05, 4.69) is 22.5 Å². The molecule has 122 valence electrons. The number of imidazole rings is 1. The Morgan fingerprint density at radius 1 is 1.23 bits per heavy atom. The summed E-state index contributed by atoms with van der Waals surface area (Å²) >= 11 is 0. The van der Waals surface area contributed by atoms with Gasteiger partial charge >= 0.3 is 0 Å². The highest BCUT2D eigenvalue weighted by Crippen LogP contribution is 2.20. The van der Waals surface area contributed by atoms with Crippen molar-refractivity contribution in [1.82, 2.24) is 14.5 Å². The lowest BCUT2D eigenvalue weighted by Crippen LogP contribution is -2.39. The molecule has 0 amide bonds. The summed E-state index contributed by atoms with van der Waals surface area (Å²) in [4.78, 5) is 6.86. The van der Waals surface area contributed by atoms with Gasteiger partial charge in [0.05, 0.1) is 30.8 Å². The lowest BCUT2D eigenvalue weighted by molar-refractivity contribution is 0.0394. The number of aliphatic hydroxyl groups excluding tert-OH is 2. The predicted molar refractivity (Wildman–Crippen MR) is 88.6 cm³/mol. The maximum Gasteiger partial charge on any atom is 0.124 e. The minimum Gasteiger partial charge on any atom is -0.396 e. The molecular weight excluding hydrogens is 278 g/mol. The molecule has 0 aliphatic heterocycles. The minimum absolute atomic E-state index is 0.0286. The number of rotatable bonds is 8. The summed E-state index contributed by atoms with van der Waals surface area (Å²) in [7, 11) is 2.00. The van der Waals surface area contributed by atoms with Crippen molar-refractivity contribution < 1.29 is 10.2 Å². The number of para-hydroxylation sites is 2. The van der Waals surface area contributed by atoms with E-state index in [-0.39, 0.29) is 13.2 Å². The number of benzene rings is 1. The van der Waals surface area contributed by atoms with E-state index < -0.39 is 5.41 Å². The summed E-state index contributed by atoms with van der Waals surface area (Å²) < 4.78 is 2.26. The van der Waals surface area contributed by atoms with Crippen LogP contribution in [0.3, 0.4) is 0 Å². The van der Waals surface area contributed by atoms with Crippen LogP contribution in [0.4, 0.5) is 0 Å². The Morgan fingerprint density at radius 3 is 2.55 bits per heavy atom. The van der Waals surface area contributed by atoms with Gasteiger partial charge in [0.15, 0.2) is 0 Å². The van der Waals surface area contributed by atoms with Crippen LogP contribution in [0.2, 0.25) is 0 Å². The quantitative estimate of drug-likeness (QED) is 0.781. The largest absolute Gasteiger partial charge is 0.396 e. The maximum absolute atomic E-state index is 9.45. The number of aromatic nitrogens is 2. The standard InChI is InChI=1S/C17H27N3O2/c1-4-9-20-15-8-6-5-7-14(15)18-16(20)10-19(3)11-17(2,12-21)13-22/h5-8,21-22H,4,9-13H2,1-3H3. The van der Waals surface area contributed by atoms with Crippen molar-refractivity contribution in [2.45, 2.75) is 33.4 Å². The molecule has 5 heteroatoms. The minimum atomic E-state index is -0.490. The van der Waals surface area contributed by atoms with E-state index in [0.29, 0.717) is 13.1 Å². The average molecular weight is 305 g/mol. The molecule has 0 aliphatic rings. The van der Waals surface area contributed by atoms with Gasteiger partial charge in [0, 0.05) is 18.5 Å². The maximum atomic E-state index is 9.45. The molecule has 0 unspecified atom stereocenters. The monoisotopic (exact) mass is 305 g/mol. The summed E-state index contributed by atoms with van der Waals surface area (Å²) in [5.74, 6) is 1.03. The number of hydrogen-bond donors (Lipinski definition) is 2. The predicted octanol–water partition coefficient (Wildman–Crippen LogP) is 1.87. The third kappa shape index (κ3) is 3.66. The second-order valence-corrected chi connectivity index (χ2v) is 6.47. The third-order valence-electron chi connectivity index (χ3n) is 4.01. The molecule has 0 saturated heterocycles. The van der Waals surface area contributed by atoms with Crippen molar-refractivity contribution in [3.8, 4) is 0 Å². The first-order valence-corrected chi connectivity index (χ1v) is 7.87. The summed E-state index contributed by atoms with van der Waals surface area (Å²) in [5.41, 5.74) is 1.70. The highest BCUT2D eigenvalue weighted by Gasteiger charge is 2.25. The first-order chi connectivity index (χ1) is 10.5. The van der Waals surface area contributed by atoms with E-state index in [1.165, 1.54) is 5.52 Å². The van der Waals surface area contributed by atoms with Crippen molar-refractivity contribution in [2.24, 2.45) is 5.41 Å². The van der Waals surface area contributed by atoms with E-state index in [0.717, 1.165) is 24.3 Å². The molecule has 2 N–H and O–H groups in total. The van der Waals surface area contributed by atoms with Gasteiger partial charge in [-0.25, -0.2) is 4.98 Å². The lowest BCUT2D eigenvalue weighted by atomic mass is 9.92. The smallest absolute Gasteiger partial charge is 0.124 e. The van der Waals surface area contributed by atoms with Gasteiger partial charge in [-0.1, -0.05) is 26.0 Å². The molecule has 0 saturated carbocycles. The van der Waals surface area contributed by atoms with E-state index in [1.54, 1.807) is 0 Å². The molecule has 22 heavy (non-hydrogen) atoms. The highest BCUT2D eigenvalue weighted by atomic mass is 16.3. The van der Waals surface area contributed by atoms with Crippen molar-refractivity contribution in [1.29, 1.82) is 0 Å². The van der Waals surface area contributed by atoms with Gasteiger partial charge in [0.1, 0.15) is 5.82 Å². The van der Waals surface area contributed by atoms with Gasteiger partial charge in [-0.3, -0.25) is 4.90 Å². The molecule has 0 fully saturated rings. The fourth-order valence-electron chi connectivity index (χ4n) is 2.82. The van der Waals surface area contributed by atoms with Gasteiger partial charge in [-0.2, -0.15) is 0 Å². The number of aliphatic hydroxyl groups is 2. The highest BCUT2D eigenvalue weighted by molar-refractivity contribution is 5.75. The Morgan fingerprint density at radius 2 is 1.91 bits per heavy atom. The Kier molecular flexibility index (Phi) is 5.56. The number of fused-ring (bicyclic) bond motifs is 1. The van der Waals surface area contributed by atoms with Crippen LogP contribution in [0, 0.1) is 5.41 Å². The van der Waals surface area contributed by atoms with E-state index in [9.17, 15) is 10.2 Å². The molecule has 1 heterocycles. The molecule has 0 bridgehead atoms. The Bertz CT molecular complexity index is 605. The van der Waals surface area contributed by atoms with Gasteiger partial charge < -0.3 is 14.8 Å². The molecular formula is C17H27N3O2. The summed E-state index contributed by atoms with van der Waals surface area (Å²) in [5, 5.41) is 18.9. The molecule has 0 radical (unpaired) electrons. The first-order valence-electron chi connectivity index (χ1n) is 7.87. The second kappa shape index (κ2) is 7.22. The topological polar surface area (TPSA) is 61.5 Å². The molecule has 1 aromatic heterocycles. The van der Waals surface area contributed by atoms with Crippen molar-refractivity contribution >= 4 is 11.0 Å². The van der Waals surface area contributed by atoms with Crippen molar-refractivity contribution in [2.75, 3.05) is 26.8 Å². The zero-order chi connectivity index (χ0) is 16.2. The fraction of sp³-hybridized carbons (Fsp3) is 0.588. The average Bonchev–Trinajstić information content (AvgIpc) is 2.85. The number of hydrogen-bond acceptors (Lipinski definition) is 4. The van der Waals surface area contributed by atoms with Gasteiger partial charge in [-0.05, 0) is 25.6 Å². The molecule has 2 aromatic rings. The van der Waals surface area contributed by atoms with Crippen LogP contribution < -0.4 is 0 Å². The molecule has 2 rings (SSSR count). The SMILES string of the molecule is CCCn1c(CN(C)CC(C)(CO)CO)nc2ccccc21. The normalized spacial score (nSPS) is 12.5. The van der Waals surface area contributed by atoms with Gasteiger partial charge in [0.25, 0.3) is 0 Å². The summed E-state index contributed by atoms with van der Waals surface area (Å²) in [6.07, 6.45) is 1.06. The Labute approximate surface area is 132 Å². The van der Waals surface area contributed by atoms with Crippen LogP contribution in [0.5, 0.6) is 0 Å². The fourth-order valence-corrected chi connectivity index (χ4v) is 2.82. The van der Waals surface area contributed by atoms with E-state index in [4.69, 9.17) is 4.98 Å². The Balaban J connectivity index is 2.21.